The minimum atomic E-state index is 0.384. The molecule has 0 saturated heterocycles. The number of benzene rings is 1. The molecular formula is C17H29ClN2. The van der Waals surface area contributed by atoms with Gasteiger partial charge in [0.2, 0.25) is 0 Å². The van der Waals surface area contributed by atoms with Crippen molar-refractivity contribution in [3.63, 3.8) is 0 Å². The Labute approximate surface area is 129 Å². The Balaban J connectivity index is 2.54. The Morgan fingerprint density at radius 1 is 1.15 bits per heavy atom. The van der Waals surface area contributed by atoms with Crippen LogP contribution in [-0.2, 0) is 0 Å². The van der Waals surface area contributed by atoms with Crippen LogP contribution in [0.25, 0.3) is 0 Å². The molecule has 20 heavy (non-hydrogen) atoms. The van der Waals surface area contributed by atoms with E-state index in [0.29, 0.717) is 18.1 Å². The summed E-state index contributed by atoms with van der Waals surface area (Å²) < 4.78 is 0. The number of halogens is 1. The normalized spacial score (nSPS) is 13.4. The van der Waals surface area contributed by atoms with E-state index < -0.39 is 0 Å². The fraction of sp³-hybridized carbons (Fsp3) is 0.647. The molecule has 0 aromatic heterocycles. The summed E-state index contributed by atoms with van der Waals surface area (Å²) in [5.74, 6) is 0. The van der Waals surface area contributed by atoms with Gasteiger partial charge in [-0.15, -0.1) is 0 Å². The largest absolute Gasteiger partial charge is 0.309 e. The molecule has 114 valence electrons. The SMILES string of the molecule is CCC(NCCN(C(C)C)C(C)C)c1cccc(Cl)c1. The number of hydrogen-bond donors (Lipinski definition) is 1. The van der Waals surface area contributed by atoms with E-state index in [-0.39, 0.29) is 0 Å². The summed E-state index contributed by atoms with van der Waals surface area (Å²) in [5.41, 5.74) is 1.28. The average Bonchev–Trinajstić information content (AvgIpc) is 2.38. The maximum atomic E-state index is 6.08. The van der Waals surface area contributed by atoms with Crippen LogP contribution in [0.3, 0.4) is 0 Å². The summed E-state index contributed by atoms with van der Waals surface area (Å²) in [6.45, 7) is 13.3. The minimum Gasteiger partial charge on any atom is -0.309 e. The highest BCUT2D eigenvalue weighted by Crippen LogP contribution is 2.20. The topological polar surface area (TPSA) is 15.3 Å². The van der Waals surface area contributed by atoms with E-state index >= 15 is 0 Å². The molecule has 0 fully saturated rings. The predicted molar refractivity (Wildman–Crippen MR) is 89.5 cm³/mol. The summed E-state index contributed by atoms with van der Waals surface area (Å²) in [7, 11) is 0. The molecule has 1 N–H and O–H groups in total. The van der Waals surface area contributed by atoms with Crippen LogP contribution in [0, 0.1) is 0 Å². The molecule has 1 rings (SSSR count). The van der Waals surface area contributed by atoms with Crippen LogP contribution < -0.4 is 5.32 Å². The van der Waals surface area contributed by atoms with E-state index in [2.05, 4.69) is 57.0 Å². The molecule has 0 spiro atoms. The maximum absolute atomic E-state index is 6.08. The number of hydrogen-bond acceptors (Lipinski definition) is 2. The summed E-state index contributed by atoms with van der Waals surface area (Å²) >= 11 is 6.08. The third-order valence-corrected chi connectivity index (χ3v) is 3.98. The van der Waals surface area contributed by atoms with Crippen LogP contribution in [0.15, 0.2) is 24.3 Å². The highest BCUT2D eigenvalue weighted by Gasteiger charge is 2.14. The van der Waals surface area contributed by atoms with Gasteiger partial charge in [0.1, 0.15) is 0 Å². The molecule has 3 heteroatoms. The Morgan fingerprint density at radius 3 is 2.30 bits per heavy atom. The number of nitrogens with one attached hydrogen (secondary N) is 1. The molecule has 0 aliphatic heterocycles. The van der Waals surface area contributed by atoms with Crippen molar-refractivity contribution in [3.8, 4) is 0 Å². The van der Waals surface area contributed by atoms with E-state index in [9.17, 15) is 0 Å². The molecule has 1 aromatic carbocycles. The van der Waals surface area contributed by atoms with Crippen molar-refractivity contribution in [2.45, 2.75) is 59.2 Å². The van der Waals surface area contributed by atoms with Gasteiger partial charge in [-0.3, -0.25) is 4.90 Å². The monoisotopic (exact) mass is 296 g/mol. The predicted octanol–water partition coefficient (Wildman–Crippen LogP) is 4.50. The van der Waals surface area contributed by atoms with E-state index in [0.717, 1.165) is 24.5 Å². The van der Waals surface area contributed by atoms with Crippen LogP contribution in [0.5, 0.6) is 0 Å². The molecule has 0 amide bonds. The molecule has 0 bridgehead atoms. The summed E-state index contributed by atoms with van der Waals surface area (Å²) in [6, 6.07) is 9.72. The zero-order chi connectivity index (χ0) is 15.1. The van der Waals surface area contributed by atoms with Crippen LogP contribution in [0.1, 0.15) is 52.6 Å². The van der Waals surface area contributed by atoms with Gasteiger partial charge in [-0.2, -0.15) is 0 Å². The van der Waals surface area contributed by atoms with E-state index in [1.165, 1.54) is 5.56 Å². The molecule has 1 atom stereocenters. The fourth-order valence-corrected chi connectivity index (χ4v) is 2.90. The molecule has 1 unspecified atom stereocenters. The third-order valence-electron chi connectivity index (χ3n) is 3.75. The Kier molecular flexibility index (Phi) is 7.57. The highest BCUT2D eigenvalue weighted by atomic mass is 35.5. The van der Waals surface area contributed by atoms with Crippen molar-refractivity contribution in [2.75, 3.05) is 13.1 Å². The van der Waals surface area contributed by atoms with Crippen molar-refractivity contribution in [2.24, 2.45) is 0 Å². The first-order chi connectivity index (χ1) is 9.45. The summed E-state index contributed by atoms with van der Waals surface area (Å²) in [6.07, 6.45) is 1.07. The standard InChI is InChI=1S/C17H29ClN2/c1-6-17(15-8-7-9-16(18)12-15)19-10-11-20(13(2)3)14(4)5/h7-9,12-14,17,19H,6,10-11H2,1-5H3. The average molecular weight is 297 g/mol. The first-order valence-electron chi connectivity index (χ1n) is 7.70. The van der Waals surface area contributed by atoms with Crippen molar-refractivity contribution in [1.82, 2.24) is 10.2 Å². The second-order valence-corrected chi connectivity index (χ2v) is 6.33. The highest BCUT2D eigenvalue weighted by molar-refractivity contribution is 6.30. The smallest absolute Gasteiger partial charge is 0.0409 e. The van der Waals surface area contributed by atoms with Gasteiger partial charge < -0.3 is 5.32 Å². The van der Waals surface area contributed by atoms with Crippen molar-refractivity contribution >= 4 is 11.6 Å². The van der Waals surface area contributed by atoms with Gasteiger partial charge in [-0.05, 0) is 51.8 Å². The third kappa shape index (κ3) is 5.43. The second-order valence-electron chi connectivity index (χ2n) is 5.90. The number of nitrogens with zero attached hydrogens (tertiary/aromatic N) is 1. The Bertz CT molecular complexity index is 382. The van der Waals surface area contributed by atoms with Gasteiger partial charge in [-0.1, -0.05) is 30.7 Å². The lowest BCUT2D eigenvalue weighted by Crippen LogP contribution is -2.42. The summed E-state index contributed by atoms with van der Waals surface area (Å²) in [5, 5.41) is 4.47. The molecular weight excluding hydrogens is 268 g/mol. The quantitative estimate of drug-likeness (QED) is 0.760. The van der Waals surface area contributed by atoms with Crippen molar-refractivity contribution in [1.29, 1.82) is 0 Å². The molecule has 1 aromatic rings. The lowest BCUT2D eigenvalue weighted by Gasteiger charge is -2.31. The van der Waals surface area contributed by atoms with Crippen molar-refractivity contribution < 1.29 is 0 Å². The molecule has 0 saturated carbocycles. The van der Waals surface area contributed by atoms with Crippen LogP contribution in [0.2, 0.25) is 5.02 Å². The Morgan fingerprint density at radius 2 is 1.80 bits per heavy atom. The van der Waals surface area contributed by atoms with Gasteiger partial charge in [0, 0.05) is 36.2 Å². The minimum absolute atomic E-state index is 0.384. The van der Waals surface area contributed by atoms with Crippen LogP contribution in [-0.4, -0.2) is 30.1 Å². The van der Waals surface area contributed by atoms with Gasteiger partial charge in [0.05, 0.1) is 0 Å². The lowest BCUT2D eigenvalue weighted by atomic mass is 10.0. The molecule has 0 aliphatic rings. The molecule has 0 aliphatic carbocycles. The van der Waals surface area contributed by atoms with Gasteiger partial charge in [0.25, 0.3) is 0 Å². The molecule has 0 heterocycles. The molecule has 2 nitrogen and oxygen atoms in total. The van der Waals surface area contributed by atoms with Crippen LogP contribution in [0.4, 0.5) is 0 Å². The Hall–Kier alpha value is -0.570. The zero-order valence-corrected chi connectivity index (χ0v) is 14.2. The zero-order valence-electron chi connectivity index (χ0n) is 13.5. The number of rotatable bonds is 8. The van der Waals surface area contributed by atoms with Gasteiger partial charge >= 0.3 is 0 Å². The van der Waals surface area contributed by atoms with Gasteiger partial charge in [0.15, 0.2) is 0 Å². The lowest BCUT2D eigenvalue weighted by molar-refractivity contribution is 0.173. The van der Waals surface area contributed by atoms with E-state index in [4.69, 9.17) is 11.6 Å². The fourth-order valence-electron chi connectivity index (χ4n) is 2.70. The summed E-state index contributed by atoms with van der Waals surface area (Å²) in [4.78, 5) is 2.51. The van der Waals surface area contributed by atoms with E-state index in [1.54, 1.807) is 0 Å². The van der Waals surface area contributed by atoms with Crippen molar-refractivity contribution in [3.05, 3.63) is 34.9 Å². The second kappa shape index (κ2) is 8.66. The first kappa shape index (κ1) is 17.5. The van der Waals surface area contributed by atoms with Gasteiger partial charge in [-0.25, -0.2) is 0 Å². The van der Waals surface area contributed by atoms with E-state index in [1.807, 2.05) is 12.1 Å². The van der Waals surface area contributed by atoms with Crippen LogP contribution >= 0.6 is 11.6 Å². The first-order valence-corrected chi connectivity index (χ1v) is 8.08. The maximum Gasteiger partial charge on any atom is 0.0409 e. The molecule has 0 radical (unpaired) electrons.